The Morgan fingerprint density at radius 1 is 1.24 bits per heavy atom. The van der Waals surface area contributed by atoms with E-state index < -0.39 is 5.97 Å². The molecule has 0 radical (unpaired) electrons. The Kier molecular flexibility index (Phi) is 5.79. The van der Waals surface area contributed by atoms with E-state index in [1.807, 2.05) is 0 Å². The lowest BCUT2D eigenvalue weighted by molar-refractivity contribution is -0.116. The molecule has 2 N–H and O–H groups in total. The van der Waals surface area contributed by atoms with Crippen LogP contribution < -0.4 is 5.32 Å². The molecule has 5 heteroatoms. The Labute approximate surface area is 133 Å². The second-order valence-corrected chi connectivity index (χ2v) is 6.45. The molecule has 0 unspecified atom stereocenters. The molecular weight excluding hydrogens is 334 g/mol. The van der Waals surface area contributed by atoms with Crippen LogP contribution in [0.5, 0.6) is 0 Å². The number of aromatic carboxylic acids is 1. The fraction of sp³-hybridized carbons (Fsp3) is 0.500. The van der Waals surface area contributed by atoms with Crippen molar-refractivity contribution in [3.8, 4) is 0 Å². The average Bonchev–Trinajstić information content (AvgIpc) is 2.48. The van der Waals surface area contributed by atoms with Gasteiger partial charge >= 0.3 is 5.97 Å². The molecule has 0 saturated heterocycles. The zero-order chi connectivity index (χ0) is 15.2. The summed E-state index contributed by atoms with van der Waals surface area (Å²) in [4.78, 5) is 23.0. The number of carbonyl (C=O) groups excluding carboxylic acids is 1. The van der Waals surface area contributed by atoms with Gasteiger partial charge in [0.1, 0.15) is 0 Å². The van der Waals surface area contributed by atoms with Gasteiger partial charge in [0, 0.05) is 10.9 Å². The van der Waals surface area contributed by atoms with Crippen LogP contribution in [0.4, 0.5) is 5.69 Å². The lowest BCUT2D eigenvalue weighted by Gasteiger charge is -2.21. The molecule has 0 aromatic heterocycles. The predicted molar refractivity (Wildman–Crippen MR) is 85.5 cm³/mol. The van der Waals surface area contributed by atoms with Crippen LogP contribution in [-0.2, 0) is 4.79 Å². The minimum atomic E-state index is -1.000. The molecule has 1 aromatic rings. The van der Waals surface area contributed by atoms with Crippen LogP contribution in [0.2, 0.25) is 0 Å². The average molecular weight is 354 g/mol. The zero-order valence-electron chi connectivity index (χ0n) is 11.9. The third-order valence-electron chi connectivity index (χ3n) is 3.99. The largest absolute Gasteiger partial charge is 0.478 e. The summed E-state index contributed by atoms with van der Waals surface area (Å²) in [6.07, 6.45) is 7.74. The maximum absolute atomic E-state index is 12.0. The summed E-state index contributed by atoms with van der Waals surface area (Å²) >= 11 is 3.33. The number of hydrogen-bond donors (Lipinski definition) is 2. The van der Waals surface area contributed by atoms with Gasteiger partial charge in [0.05, 0.1) is 11.3 Å². The molecule has 1 aliphatic carbocycles. The topological polar surface area (TPSA) is 66.4 Å². The summed E-state index contributed by atoms with van der Waals surface area (Å²) < 4.78 is 0.693. The predicted octanol–water partition coefficient (Wildman–Crippen LogP) is 4.45. The standard InChI is InChI=1S/C16H20BrNO3/c17-13-8-7-12(16(20)21)10-14(13)18-15(19)9-6-11-4-2-1-3-5-11/h7-8,10-11H,1-6,9H2,(H,18,19)(H,20,21). The van der Waals surface area contributed by atoms with E-state index in [0.717, 1.165) is 6.42 Å². The van der Waals surface area contributed by atoms with Crippen LogP contribution in [0, 0.1) is 5.92 Å². The van der Waals surface area contributed by atoms with Gasteiger partial charge in [0.2, 0.25) is 5.91 Å². The lowest BCUT2D eigenvalue weighted by atomic mass is 9.86. The molecule has 1 saturated carbocycles. The van der Waals surface area contributed by atoms with E-state index in [4.69, 9.17) is 5.11 Å². The van der Waals surface area contributed by atoms with Crippen molar-refractivity contribution >= 4 is 33.5 Å². The first-order valence-electron chi connectivity index (χ1n) is 7.39. The van der Waals surface area contributed by atoms with Crippen LogP contribution in [0.1, 0.15) is 55.3 Å². The second-order valence-electron chi connectivity index (χ2n) is 5.59. The molecule has 1 amide bonds. The van der Waals surface area contributed by atoms with Gasteiger partial charge in [-0.15, -0.1) is 0 Å². The van der Waals surface area contributed by atoms with E-state index in [9.17, 15) is 9.59 Å². The van der Waals surface area contributed by atoms with Crippen LogP contribution in [0.3, 0.4) is 0 Å². The van der Waals surface area contributed by atoms with Crippen LogP contribution in [0.15, 0.2) is 22.7 Å². The van der Waals surface area contributed by atoms with Crippen LogP contribution in [0.25, 0.3) is 0 Å². The maximum Gasteiger partial charge on any atom is 0.335 e. The monoisotopic (exact) mass is 353 g/mol. The molecule has 2 rings (SSSR count). The van der Waals surface area contributed by atoms with Crippen molar-refractivity contribution in [3.63, 3.8) is 0 Å². The first kappa shape index (κ1) is 16.0. The number of rotatable bonds is 5. The normalized spacial score (nSPS) is 15.7. The molecule has 0 bridgehead atoms. The van der Waals surface area contributed by atoms with Gasteiger partial charge in [-0.3, -0.25) is 4.79 Å². The van der Waals surface area contributed by atoms with Crippen molar-refractivity contribution < 1.29 is 14.7 Å². The van der Waals surface area contributed by atoms with Gasteiger partial charge in [-0.1, -0.05) is 32.1 Å². The Bertz CT molecular complexity index is 524. The number of amides is 1. The molecule has 1 aromatic carbocycles. The van der Waals surface area contributed by atoms with Gasteiger partial charge in [-0.05, 0) is 46.5 Å². The molecule has 0 heterocycles. The van der Waals surface area contributed by atoms with E-state index >= 15 is 0 Å². The molecule has 0 atom stereocenters. The summed E-state index contributed by atoms with van der Waals surface area (Å²) in [5.74, 6) is -0.387. The van der Waals surface area contributed by atoms with E-state index in [1.165, 1.54) is 44.2 Å². The quantitative estimate of drug-likeness (QED) is 0.821. The van der Waals surface area contributed by atoms with E-state index in [0.29, 0.717) is 22.5 Å². The minimum absolute atomic E-state index is 0.0520. The highest BCUT2D eigenvalue weighted by Gasteiger charge is 2.15. The highest BCUT2D eigenvalue weighted by atomic mass is 79.9. The number of nitrogens with one attached hydrogen (secondary N) is 1. The van der Waals surface area contributed by atoms with Crippen LogP contribution >= 0.6 is 15.9 Å². The number of anilines is 1. The van der Waals surface area contributed by atoms with Crippen molar-refractivity contribution in [2.45, 2.75) is 44.9 Å². The smallest absolute Gasteiger partial charge is 0.335 e. The molecule has 114 valence electrons. The number of benzene rings is 1. The molecule has 1 fully saturated rings. The molecule has 4 nitrogen and oxygen atoms in total. The Morgan fingerprint density at radius 2 is 1.95 bits per heavy atom. The first-order chi connectivity index (χ1) is 10.1. The van der Waals surface area contributed by atoms with Crippen molar-refractivity contribution in [2.24, 2.45) is 5.92 Å². The fourth-order valence-electron chi connectivity index (χ4n) is 2.78. The Morgan fingerprint density at radius 3 is 2.62 bits per heavy atom. The molecule has 0 spiro atoms. The second kappa shape index (κ2) is 7.59. The first-order valence-corrected chi connectivity index (χ1v) is 8.18. The van der Waals surface area contributed by atoms with Gasteiger partial charge in [0.25, 0.3) is 0 Å². The summed E-state index contributed by atoms with van der Waals surface area (Å²) in [7, 11) is 0. The van der Waals surface area contributed by atoms with E-state index in [1.54, 1.807) is 6.07 Å². The molecule has 0 aliphatic heterocycles. The minimum Gasteiger partial charge on any atom is -0.478 e. The van der Waals surface area contributed by atoms with Crippen molar-refractivity contribution in [2.75, 3.05) is 5.32 Å². The number of halogens is 1. The summed E-state index contributed by atoms with van der Waals surface area (Å²) in [5.41, 5.74) is 0.685. The maximum atomic E-state index is 12.0. The summed E-state index contributed by atoms with van der Waals surface area (Å²) in [5, 5.41) is 11.8. The summed E-state index contributed by atoms with van der Waals surface area (Å²) in [6.45, 7) is 0. The number of carbonyl (C=O) groups is 2. The number of hydrogen-bond acceptors (Lipinski definition) is 2. The Balaban J connectivity index is 1.89. The number of carboxylic acid groups (broad SMARTS) is 1. The molecule has 1 aliphatic rings. The van der Waals surface area contributed by atoms with E-state index in [-0.39, 0.29) is 11.5 Å². The molecular formula is C16H20BrNO3. The third-order valence-corrected chi connectivity index (χ3v) is 4.68. The molecule has 21 heavy (non-hydrogen) atoms. The highest BCUT2D eigenvalue weighted by molar-refractivity contribution is 9.10. The third kappa shape index (κ3) is 4.84. The highest BCUT2D eigenvalue weighted by Crippen LogP contribution is 2.28. The van der Waals surface area contributed by atoms with Gasteiger partial charge < -0.3 is 10.4 Å². The SMILES string of the molecule is O=C(CCC1CCCCC1)Nc1cc(C(=O)O)ccc1Br. The Hall–Kier alpha value is -1.36. The fourth-order valence-corrected chi connectivity index (χ4v) is 3.12. The lowest BCUT2D eigenvalue weighted by Crippen LogP contribution is -2.15. The van der Waals surface area contributed by atoms with Crippen LogP contribution in [-0.4, -0.2) is 17.0 Å². The van der Waals surface area contributed by atoms with E-state index in [2.05, 4.69) is 21.2 Å². The van der Waals surface area contributed by atoms with Crippen molar-refractivity contribution in [1.29, 1.82) is 0 Å². The van der Waals surface area contributed by atoms with Gasteiger partial charge in [0.15, 0.2) is 0 Å². The number of carboxylic acids is 1. The zero-order valence-corrected chi connectivity index (χ0v) is 13.5. The van der Waals surface area contributed by atoms with Gasteiger partial charge in [-0.2, -0.15) is 0 Å². The van der Waals surface area contributed by atoms with Gasteiger partial charge in [-0.25, -0.2) is 4.79 Å². The summed E-state index contributed by atoms with van der Waals surface area (Å²) in [6, 6.07) is 4.62. The van der Waals surface area contributed by atoms with Crippen molar-refractivity contribution in [1.82, 2.24) is 0 Å². The van der Waals surface area contributed by atoms with Crippen molar-refractivity contribution in [3.05, 3.63) is 28.2 Å².